The Bertz CT molecular complexity index is 424. The van der Waals surface area contributed by atoms with E-state index in [0.717, 1.165) is 25.7 Å². The Morgan fingerprint density at radius 1 is 0.885 bits per heavy atom. The lowest BCUT2D eigenvalue weighted by atomic mass is 10.1. The van der Waals surface area contributed by atoms with E-state index in [0.29, 0.717) is 6.42 Å². The molecule has 0 saturated carbocycles. The van der Waals surface area contributed by atoms with Gasteiger partial charge in [0.2, 0.25) is 0 Å². The molecule has 9 heteroatoms. The second kappa shape index (κ2) is 12.1. The van der Waals surface area contributed by atoms with E-state index in [4.69, 9.17) is 4.74 Å². The van der Waals surface area contributed by atoms with Crippen LogP contribution in [0.4, 0.5) is 22.0 Å². The molecule has 0 rings (SSSR count). The summed E-state index contributed by atoms with van der Waals surface area (Å²) in [6, 6.07) is 0. The van der Waals surface area contributed by atoms with Crippen LogP contribution in [0.25, 0.3) is 0 Å². The van der Waals surface area contributed by atoms with Gasteiger partial charge in [0.05, 0.1) is 18.9 Å². The van der Waals surface area contributed by atoms with Gasteiger partial charge in [-0.2, -0.15) is 22.0 Å². The van der Waals surface area contributed by atoms with E-state index in [-0.39, 0.29) is 6.10 Å². The molecular formula is C17H27F5O4. The molecule has 0 aromatic carbocycles. The van der Waals surface area contributed by atoms with Crippen LogP contribution in [0.5, 0.6) is 0 Å². The van der Waals surface area contributed by atoms with Gasteiger partial charge in [-0.3, -0.25) is 9.59 Å². The number of halogens is 5. The van der Waals surface area contributed by atoms with Gasteiger partial charge in [0.1, 0.15) is 0 Å². The van der Waals surface area contributed by atoms with Crippen LogP contribution in [0.1, 0.15) is 71.6 Å². The number of carbonyl (C=O) groups excluding carboxylic acids is 2. The van der Waals surface area contributed by atoms with Gasteiger partial charge in [-0.05, 0) is 19.8 Å². The summed E-state index contributed by atoms with van der Waals surface area (Å²) in [4.78, 5) is 22.7. The van der Waals surface area contributed by atoms with Crippen molar-refractivity contribution in [2.75, 3.05) is 6.61 Å². The molecule has 0 aromatic rings. The maximum absolute atomic E-state index is 12.6. The summed E-state index contributed by atoms with van der Waals surface area (Å²) in [6.45, 7) is 1.73. The van der Waals surface area contributed by atoms with Gasteiger partial charge < -0.3 is 9.47 Å². The maximum atomic E-state index is 12.6. The minimum Gasteiger partial charge on any atom is -0.463 e. The van der Waals surface area contributed by atoms with Crippen molar-refractivity contribution < 1.29 is 41.0 Å². The van der Waals surface area contributed by atoms with Crippen LogP contribution in [-0.2, 0) is 19.1 Å². The van der Waals surface area contributed by atoms with Crippen LogP contribution in [0.2, 0.25) is 0 Å². The second-order valence-electron chi connectivity index (χ2n) is 6.22. The Hall–Kier alpha value is -1.41. The van der Waals surface area contributed by atoms with Gasteiger partial charge in [0, 0.05) is 0 Å². The standard InChI is InChI=1S/C17H27F5O4/c1-3-4-5-6-7-8-9-13(2)26-15(24)11-10-14(23)25-12-16(18,19)17(20,21)22/h13H,3-12H2,1-2H3. The van der Waals surface area contributed by atoms with Gasteiger partial charge in [-0.15, -0.1) is 0 Å². The highest BCUT2D eigenvalue weighted by Gasteiger charge is 2.58. The minimum atomic E-state index is -5.79. The van der Waals surface area contributed by atoms with Crippen molar-refractivity contribution in [2.45, 2.75) is 89.8 Å². The van der Waals surface area contributed by atoms with Crippen LogP contribution < -0.4 is 0 Å². The van der Waals surface area contributed by atoms with Crippen molar-refractivity contribution in [1.82, 2.24) is 0 Å². The molecule has 0 saturated heterocycles. The van der Waals surface area contributed by atoms with Gasteiger partial charge in [-0.25, -0.2) is 0 Å². The summed E-state index contributed by atoms with van der Waals surface area (Å²) >= 11 is 0. The smallest absolute Gasteiger partial charge is 0.456 e. The Kier molecular flexibility index (Phi) is 11.4. The third-order valence-electron chi connectivity index (χ3n) is 3.66. The van der Waals surface area contributed by atoms with Crippen LogP contribution in [0.15, 0.2) is 0 Å². The third kappa shape index (κ3) is 11.3. The average Bonchev–Trinajstić information content (AvgIpc) is 2.53. The molecule has 0 radical (unpaired) electrons. The fraction of sp³-hybridized carbons (Fsp3) is 0.882. The minimum absolute atomic E-state index is 0.348. The van der Waals surface area contributed by atoms with Crippen molar-refractivity contribution in [3.05, 3.63) is 0 Å². The lowest BCUT2D eigenvalue weighted by Gasteiger charge is -2.19. The fourth-order valence-corrected chi connectivity index (χ4v) is 2.08. The lowest BCUT2D eigenvalue weighted by Crippen LogP contribution is -2.41. The average molecular weight is 390 g/mol. The number of hydrogen-bond donors (Lipinski definition) is 0. The molecule has 26 heavy (non-hydrogen) atoms. The number of carbonyl (C=O) groups is 2. The van der Waals surface area contributed by atoms with Crippen molar-refractivity contribution in [3.8, 4) is 0 Å². The highest BCUT2D eigenvalue weighted by molar-refractivity contribution is 5.77. The topological polar surface area (TPSA) is 52.6 Å². The summed E-state index contributed by atoms with van der Waals surface area (Å²) in [5, 5.41) is 0. The van der Waals surface area contributed by atoms with Crippen molar-refractivity contribution in [1.29, 1.82) is 0 Å². The fourth-order valence-electron chi connectivity index (χ4n) is 2.08. The molecule has 0 bridgehead atoms. The third-order valence-corrected chi connectivity index (χ3v) is 3.66. The van der Waals surface area contributed by atoms with E-state index >= 15 is 0 Å². The Labute approximate surface area is 150 Å². The molecule has 4 nitrogen and oxygen atoms in total. The molecule has 0 aliphatic carbocycles. The molecule has 0 fully saturated rings. The number of alkyl halides is 5. The van der Waals surface area contributed by atoms with Gasteiger partial charge in [0.15, 0.2) is 6.61 Å². The monoisotopic (exact) mass is 390 g/mol. The molecule has 0 aliphatic rings. The Morgan fingerprint density at radius 2 is 1.42 bits per heavy atom. The first kappa shape index (κ1) is 24.6. The zero-order valence-electron chi connectivity index (χ0n) is 15.2. The number of hydrogen-bond acceptors (Lipinski definition) is 4. The number of ether oxygens (including phenoxy) is 2. The molecule has 0 N–H and O–H groups in total. The molecule has 1 atom stereocenters. The lowest BCUT2D eigenvalue weighted by molar-refractivity contribution is -0.294. The normalized spacial score (nSPS) is 13.3. The first-order chi connectivity index (χ1) is 12.0. The van der Waals surface area contributed by atoms with E-state index in [1.54, 1.807) is 6.92 Å². The first-order valence-corrected chi connectivity index (χ1v) is 8.79. The Morgan fingerprint density at radius 3 is 2.00 bits per heavy atom. The predicted octanol–water partition coefficient (Wildman–Crippen LogP) is 5.19. The maximum Gasteiger partial charge on any atom is 0.456 e. The molecule has 0 aromatic heterocycles. The summed E-state index contributed by atoms with van der Waals surface area (Å²) in [7, 11) is 0. The molecule has 0 spiro atoms. The van der Waals surface area contributed by atoms with E-state index in [1.807, 2.05) is 0 Å². The van der Waals surface area contributed by atoms with Crippen LogP contribution >= 0.6 is 0 Å². The predicted molar refractivity (Wildman–Crippen MR) is 84.7 cm³/mol. The van der Waals surface area contributed by atoms with Crippen LogP contribution in [-0.4, -0.2) is 36.7 Å². The highest BCUT2D eigenvalue weighted by atomic mass is 19.4. The van der Waals surface area contributed by atoms with Crippen LogP contribution in [0.3, 0.4) is 0 Å². The Balaban J connectivity index is 3.88. The molecule has 1 unspecified atom stereocenters. The van der Waals surface area contributed by atoms with E-state index in [9.17, 15) is 31.5 Å². The van der Waals surface area contributed by atoms with Crippen LogP contribution in [0, 0.1) is 0 Å². The number of unbranched alkanes of at least 4 members (excludes halogenated alkanes) is 5. The largest absolute Gasteiger partial charge is 0.463 e. The number of rotatable bonds is 13. The van der Waals surface area contributed by atoms with Gasteiger partial charge in [-0.1, -0.05) is 39.0 Å². The quantitative estimate of drug-likeness (QED) is 0.247. The molecule has 0 aliphatic heterocycles. The summed E-state index contributed by atoms with van der Waals surface area (Å²) in [5.41, 5.74) is 0. The van der Waals surface area contributed by atoms with Crippen molar-refractivity contribution in [3.63, 3.8) is 0 Å². The first-order valence-electron chi connectivity index (χ1n) is 8.79. The second-order valence-corrected chi connectivity index (χ2v) is 6.22. The molecular weight excluding hydrogens is 363 g/mol. The van der Waals surface area contributed by atoms with Gasteiger partial charge >= 0.3 is 24.0 Å². The highest BCUT2D eigenvalue weighted by Crippen LogP contribution is 2.35. The summed E-state index contributed by atoms with van der Waals surface area (Å²) in [5.74, 6) is -7.15. The SMILES string of the molecule is CCCCCCCCC(C)OC(=O)CCC(=O)OCC(F)(F)C(F)(F)F. The summed E-state index contributed by atoms with van der Waals surface area (Å²) < 4.78 is 69.8. The number of esters is 2. The van der Waals surface area contributed by atoms with E-state index < -0.39 is 43.5 Å². The zero-order valence-corrected chi connectivity index (χ0v) is 15.2. The van der Waals surface area contributed by atoms with E-state index in [2.05, 4.69) is 11.7 Å². The zero-order chi connectivity index (χ0) is 20.2. The molecule has 0 amide bonds. The molecule has 154 valence electrons. The van der Waals surface area contributed by atoms with Gasteiger partial charge in [0.25, 0.3) is 0 Å². The molecule has 0 heterocycles. The van der Waals surface area contributed by atoms with E-state index in [1.165, 1.54) is 12.8 Å². The summed E-state index contributed by atoms with van der Waals surface area (Å²) in [6.07, 6.45) is 0.0304. The van der Waals surface area contributed by atoms with Crippen molar-refractivity contribution >= 4 is 11.9 Å². The van der Waals surface area contributed by atoms with Crippen molar-refractivity contribution in [2.24, 2.45) is 0 Å².